The Balaban J connectivity index is 1.91. The molecule has 0 radical (unpaired) electrons. The minimum Gasteiger partial charge on any atom is -0.488 e. The molecule has 4 heteroatoms. The van der Waals surface area contributed by atoms with E-state index in [1.54, 1.807) is 0 Å². The topological polar surface area (TPSA) is 35.5 Å². The first-order chi connectivity index (χ1) is 11.0. The average molecular weight is 379 g/mol. The Bertz CT molecular complexity index is 644. The van der Waals surface area contributed by atoms with Crippen molar-refractivity contribution >= 4 is 21.7 Å². The van der Waals surface area contributed by atoms with Crippen molar-refractivity contribution in [2.75, 3.05) is 0 Å². The Morgan fingerprint density at radius 2 is 2.17 bits per heavy atom. The second-order valence-corrected chi connectivity index (χ2v) is 7.91. The lowest BCUT2D eigenvalue weighted by Crippen LogP contribution is -2.25. The molecule has 3 rings (SSSR count). The highest BCUT2D eigenvalue weighted by Gasteiger charge is 2.37. The van der Waals surface area contributed by atoms with Crippen molar-refractivity contribution in [3.05, 3.63) is 35.1 Å². The van der Waals surface area contributed by atoms with Crippen LogP contribution in [0.3, 0.4) is 0 Å². The fraction of sp³-hybridized carbons (Fsp3) is 0.526. The molecule has 0 spiro atoms. The second-order valence-electron chi connectivity index (χ2n) is 6.47. The van der Waals surface area contributed by atoms with Gasteiger partial charge in [0.05, 0.1) is 0 Å². The van der Waals surface area contributed by atoms with Crippen LogP contribution in [-0.4, -0.2) is 16.7 Å². The van der Waals surface area contributed by atoms with Crippen LogP contribution in [0, 0.1) is 5.92 Å². The van der Waals surface area contributed by atoms with Gasteiger partial charge in [0.25, 0.3) is 0 Å². The van der Waals surface area contributed by atoms with Gasteiger partial charge in [-0.2, -0.15) is 0 Å². The number of fused-ring (bicyclic) bond motifs is 1. The third kappa shape index (κ3) is 3.32. The summed E-state index contributed by atoms with van der Waals surface area (Å²) in [5.74, 6) is 2.26. The van der Waals surface area contributed by atoms with Crippen molar-refractivity contribution in [1.29, 1.82) is 0 Å². The summed E-state index contributed by atoms with van der Waals surface area (Å²) in [7, 11) is 0. The number of carbonyl (C=O) groups excluding carboxylic acids is 1. The fourth-order valence-electron chi connectivity index (χ4n) is 2.98. The zero-order chi connectivity index (χ0) is 16.6. The smallest absolute Gasteiger partial charge is 0.235 e. The number of allylic oxidation sites excluding steroid dienone is 2. The van der Waals surface area contributed by atoms with E-state index in [0.717, 1.165) is 31.3 Å². The number of rotatable bonds is 6. The molecule has 2 atom stereocenters. The van der Waals surface area contributed by atoms with E-state index in [1.807, 2.05) is 25.1 Å². The van der Waals surface area contributed by atoms with Crippen LogP contribution in [0.15, 0.2) is 29.5 Å². The molecule has 1 aromatic rings. The van der Waals surface area contributed by atoms with Crippen LogP contribution in [0.1, 0.15) is 56.8 Å². The normalized spacial score (nSPS) is 21.5. The molecule has 2 unspecified atom stereocenters. The Labute approximate surface area is 146 Å². The molecule has 1 saturated carbocycles. The SMILES string of the molecule is CCCC(Oc1cccc2c1C(=O)C(=C(C)C1CC1)O2)C(C)Br. The summed E-state index contributed by atoms with van der Waals surface area (Å²) < 4.78 is 12.0. The summed E-state index contributed by atoms with van der Waals surface area (Å²) in [4.78, 5) is 13.0. The summed E-state index contributed by atoms with van der Waals surface area (Å²) in [5.41, 5.74) is 1.66. The molecule has 2 aliphatic rings. The van der Waals surface area contributed by atoms with Gasteiger partial charge in [0.2, 0.25) is 5.78 Å². The van der Waals surface area contributed by atoms with Crippen molar-refractivity contribution < 1.29 is 14.3 Å². The van der Waals surface area contributed by atoms with Crippen LogP contribution in [0.5, 0.6) is 11.5 Å². The van der Waals surface area contributed by atoms with Crippen LogP contribution in [-0.2, 0) is 0 Å². The fourth-order valence-corrected chi connectivity index (χ4v) is 3.35. The van der Waals surface area contributed by atoms with E-state index in [-0.39, 0.29) is 16.7 Å². The van der Waals surface area contributed by atoms with E-state index >= 15 is 0 Å². The summed E-state index contributed by atoms with van der Waals surface area (Å²) in [5, 5.41) is 0. The van der Waals surface area contributed by atoms with Crippen LogP contribution in [0.2, 0.25) is 0 Å². The van der Waals surface area contributed by atoms with Gasteiger partial charge in [-0.05, 0) is 56.7 Å². The highest BCUT2D eigenvalue weighted by atomic mass is 79.9. The minimum absolute atomic E-state index is 0.0301. The lowest BCUT2D eigenvalue weighted by molar-refractivity contribution is 0.100. The first kappa shape index (κ1) is 16.6. The van der Waals surface area contributed by atoms with Gasteiger partial charge in [0.1, 0.15) is 23.2 Å². The Morgan fingerprint density at radius 1 is 1.43 bits per heavy atom. The Morgan fingerprint density at radius 3 is 2.78 bits per heavy atom. The second kappa shape index (κ2) is 6.68. The molecule has 0 bridgehead atoms. The Kier molecular flexibility index (Phi) is 4.81. The molecule has 1 heterocycles. The predicted molar refractivity (Wildman–Crippen MR) is 94.5 cm³/mol. The first-order valence-electron chi connectivity index (χ1n) is 8.40. The molecule has 1 aliphatic carbocycles. The number of hydrogen-bond donors (Lipinski definition) is 0. The maximum absolute atomic E-state index is 12.8. The van der Waals surface area contributed by atoms with Crippen molar-refractivity contribution in [1.82, 2.24) is 0 Å². The van der Waals surface area contributed by atoms with E-state index in [0.29, 0.717) is 28.7 Å². The zero-order valence-corrected chi connectivity index (χ0v) is 15.5. The molecular formula is C19H23BrO3. The molecule has 124 valence electrons. The molecule has 0 saturated heterocycles. The van der Waals surface area contributed by atoms with Crippen LogP contribution >= 0.6 is 15.9 Å². The van der Waals surface area contributed by atoms with Gasteiger partial charge < -0.3 is 9.47 Å². The van der Waals surface area contributed by atoms with Crippen LogP contribution in [0.25, 0.3) is 0 Å². The molecule has 0 aromatic heterocycles. The van der Waals surface area contributed by atoms with E-state index in [9.17, 15) is 4.79 Å². The molecule has 1 fully saturated rings. The van der Waals surface area contributed by atoms with Crippen molar-refractivity contribution in [2.24, 2.45) is 5.92 Å². The van der Waals surface area contributed by atoms with Gasteiger partial charge >= 0.3 is 0 Å². The van der Waals surface area contributed by atoms with Gasteiger partial charge in [-0.3, -0.25) is 4.79 Å². The quantitative estimate of drug-likeness (QED) is 0.499. The number of benzene rings is 1. The van der Waals surface area contributed by atoms with Gasteiger partial charge in [0, 0.05) is 4.83 Å². The van der Waals surface area contributed by atoms with Gasteiger partial charge in [-0.1, -0.05) is 35.3 Å². The minimum atomic E-state index is -0.0301. The molecular weight excluding hydrogens is 356 g/mol. The number of ether oxygens (including phenoxy) is 2. The van der Waals surface area contributed by atoms with Gasteiger partial charge in [-0.25, -0.2) is 0 Å². The Hall–Kier alpha value is -1.29. The lowest BCUT2D eigenvalue weighted by atomic mass is 10.0. The molecule has 1 aliphatic heterocycles. The largest absolute Gasteiger partial charge is 0.488 e. The monoisotopic (exact) mass is 378 g/mol. The number of alkyl halides is 1. The zero-order valence-electron chi connectivity index (χ0n) is 13.9. The summed E-state index contributed by atoms with van der Waals surface area (Å²) in [6.07, 6.45) is 4.33. The standard InChI is InChI=1S/C19H23BrO3/c1-4-6-14(12(3)20)22-15-7-5-8-16-17(15)18(21)19(23-16)11(2)13-9-10-13/h5,7-8,12-14H,4,6,9-10H2,1-3H3. The first-order valence-corrected chi connectivity index (χ1v) is 9.31. The number of Topliss-reactive ketones (excluding diaryl/α,β-unsaturated/α-hetero) is 1. The molecule has 3 nitrogen and oxygen atoms in total. The number of hydrogen-bond acceptors (Lipinski definition) is 3. The van der Waals surface area contributed by atoms with Gasteiger partial charge in [0.15, 0.2) is 5.76 Å². The average Bonchev–Trinajstić information content (AvgIpc) is 3.31. The summed E-state index contributed by atoms with van der Waals surface area (Å²) >= 11 is 3.61. The molecule has 1 aromatic carbocycles. The van der Waals surface area contributed by atoms with Crippen LogP contribution in [0.4, 0.5) is 0 Å². The van der Waals surface area contributed by atoms with Crippen LogP contribution < -0.4 is 9.47 Å². The molecule has 0 amide bonds. The highest BCUT2D eigenvalue weighted by Crippen LogP contribution is 2.44. The van der Waals surface area contributed by atoms with Gasteiger partial charge in [-0.15, -0.1) is 0 Å². The van der Waals surface area contributed by atoms with E-state index in [2.05, 4.69) is 29.8 Å². The summed E-state index contributed by atoms with van der Waals surface area (Å²) in [6, 6.07) is 5.60. The lowest BCUT2D eigenvalue weighted by Gasteiger charge is -2.21. The predicted octanol–water partition coefficient (Wildman–Crippen LogP) is 5.28. The van der Waals surface area contributed by atoms with E-state index in [1.165, 1.54) is 0 Å². The number of ketones is 1. The number of carbonyl (C=O) groups is 1. The third-order valence-electron chi connectivity index (χ3n) is 4.55. The maximum atomic E-state index is 12.8. The van der Waals surface area contributed by atoms with Crippen molar-refractivity contribution in [2.45, 2.75) is 57.4 Å². The highest BCUT2D eigenvalue weighted by molar-refractivity contribution is 9.09. The molecule has 0 N–H and O–H groups in total. The van der Waals surface area contributed by atoms with Crippen molar-refractivity contribution in [3.8, 4) is 11.5 Å². The van der Waals surface area contributed by atoms with E-state index in [4.69, 9.17) is 9.47 Å². The third-order valence-corrected chi connectivity index (χ3v) is 5.13. The van der Waals surface area contributed by atoms with E-state index < -0.39 is 0 Å². The number of halogens is 1. The summed E-state index contributed by atoms with van der Waals surface area (Å²) in [6.45, 7) is 6.22. The van der Waals surface area contributed by atoms with Crippen molar-refractivity contribution in [3.63, 3.8) is 0 Å². The maximum Gasteiger partial charge on any atom is 0.235 e. The molecule has 23 heavy (non-hydrogen) atoms.